The van der Waals surface area contributed by atoms with E-state index < -0.39 is 22.0 Å². The van der Waals surface area contributed by atoms with Crippen LogP contribution in [0.3, 0.4) is 0 Å². The number of benzene rings is 3. The molecule has 11 heteroatoms. The van der Waals surface area contributed by atoms with Gasteiger partial charge in [-0.1, -0.05) is 60.7 Å². The van der Waals surface area contributed by atoms with Crippen LogP contribution < -0.4 is 10.1 Å². The Balaban J connectivity index is 1.35. The van der Waals surface area contributed by atoms with Crippen LogP contribution in [0.5, 0.6) is 5.75 Å². The Bertz CT molecular complexity index is 1620. The van der Waals surface area contributed by atoms with E-state index in [1.807, 2.05) is 72.8 Å². The van der Waals surface area contributed by atoms with Crippen LogP contribution in [0.15, 0.2) is 114 Å². The molecule has 0 saturated carbocycles. The van der Waals surface area contributed by atoms with Gasteiger partial charge in [0.05, 0.1) is 18.1 Å². The molecule has 0 aliphatic carbocycles. The van der Waals surface area contributed by atoms with E-state index in [2.05, 4.69) is 10.3 Å². The molecule has 4 aromatic rings. The summed E-state index contributed by atoms with van der Waals surface area (Å²) in [6, 6.07) is 27.2. The minimum atomic E-state index is -3.66. The largest absolute Gasteiger partial charge is 0.484 e. The van der Waals surface area contributed by atoms with Crippen LogP contribution in [-0.2, 0) is 37.4 Å². The molecule has 1 aliphatic rings. The SMILES string of the molecule is O=C(NCc1ccncc1)[C@@H](c1ccccc1)N(Cc1ccccc1)C(=O)COc1ccc(S(=O)(=O)N2CCOCC2)cc1. The summed E-state index contributed by atoms with van der Waals surface area (Å²) >= 11 is 0. The molecule has 1 fully saturated rings. The Morgan fingerprint density at radius 1 is 0.864 bits per heavy atom. The van der Waals surface area contributed by atoms with Gasteiger partial charge in [-0.05, 0) is 53.1 Å². The molecular formula is C33H34N4O6S. The minimum Gasteiger partial charge on any atom is -0.484 e. The summed E-state index contributed by atoms with van der Waals surface area (Å²) in [6.45, 7) is 1.39. The fraction of sp³-hybridized carbons (Fsp3) is 0.242. The maximum atomic E-state index is 13.8. The van der Waals surface area contributed by atoms with Crippen molar-refractivity contribution in [3.05, 3.63) is 126 Å². The van der Waals surface area contributed by atoms with Crippen LogP contribution in [-0.4, -0.2) is 67.3 Å². The zero-order valence-corrected chi connectivity index (χ0v) is 24.9. The summed E-state index contributed by atoms with van der Waals surface area (Å²) in [4.78, 5) is 33.3. The first kappa shape index (κ1) is 30.9. The molecule has 0 bridgehead atoms. The van der Waals surface area contributed by atoms with Gasteiger partial charge in [0.1, 0.15) is 11.8 Å². The van der Waals surface area contributed by atoms with E-state index in [4.69, 9.17) is 9.47 Å². The van der Waals surface area contributed by atoms with E-state index in [1.165, 1.54) is 33.5 Å². The Hall–Kier alpha value is -4.58. The number of amides is 2. The van der Waals surface area contributed by atoms with Gasteiger partial charge in [-0.3, -0.25) is 14.6 Å². The number of rotatable bonds is 12. The molecule has 10 nitrogen and oxygen atoms in total. The third kappa shape index (κ3) is 7.87. The van der Waals surface area contributed by atoms with Crippen molar-refractivity contribution >= 4 is 21.8 Å². The molecule has 2 heterocycles. The van der Waals surface area contributed by atoms with E-state index in [1.54, 1.807) is 12.4 Å². The third-order valence-corrected chi connectivity index (χ3v) is 9.11. The average molecular weight is 615 g/mol. The Labute approximate surface area is 257 Å². The molecule has 1 saturated heterocycles. The highest BCUT2D eigenvalue weighted by atomic mass is 32.2. The van der Waals surface area contributed by atoms with Gasteiger partial charge in [0, 0.05) is 38.6 Å². The second-order valence-electron chi connectivity index (χ2n) is 10.2. The highest BCUT2D eigenvalue weighted by molar-refractivity contribution is 7.89. The molecule has 1 atom stereocenters. The van der Waals surface area contributed by atoms with Gasteiger partial charge in [0.25, 0.3) is 5.91 Å². The lowest BCUT2D eigenvalue weighted by Crippen LogP contribution is -2.45. The fourth-order valence-electron chi connectivity index (χ4n) is 4.87. The lowest BCUT2D eigenvalue weighted by Gasteiger charge is -2.31. The molecule has 3 aromatic carbocycles. The average Bonchev–Trinajstić information content (AvgIpc) is 3.08. The molecule has 1 aliphatic heterocycles. The molecule has 5 rings (SSSR count). The number of hydrogen-bond donors (Lipinski definition) is 1. The summed E-state index contributed by atoms with van der Waals surface area (Å²) in [6.07, 6.45) is 3.31. The van der Waals surface area contributed by atoms with Crippen LogP contribution in [0.25, 0.3) is 0 Å². The summed E-state index contributed by atoms with van der Waals surface area (Å²) in [5, 5.41) is 2.97. The highest BCUT2D eigenvalue weighted by Crippen LogP contribution is 2.25. The maximum Gasteiger partial charge on any atom is 0.261 e. The van der Waals surface area contributed by atoms with Gasteiger partial charge in [-0.25, -0.2) is 8.42 Å². The zero-order valence-electron chi connectivity index (χ0n) is 24.1. The predicted octanol–water partition coefficient (Wildman–Crippen LogP) is 3.57. The number of sulfonamides is 1. The normalized spacial score (nSPS) is 14.4. The topological polar surface area (TPSA) is 118 Å². The fourth-order valence-corrected chi connectivity index (χ4v) is 6.28. The molecule has 0 unspecified atom stereocenters. The van der Waals surface area contributed by atoms with Gasteiger partial charge in [0.2, 0.25) is 15.9 Å². The quantitative estimate of drug-likeness (QED) is 0.259. The number of ether oxygens (including phenoxy) is 2. The number of hydrogen-bond acceptors (Lipinski definition) is 7. The van der Waals surface area contributed by atoms with Gasteiger partial charge in [-0.15, -0.1) is 0 Å². The van der Waals surface area contributed by atoms with Crippen molar-refractivity contribution in [2.45, 2.75) is 24.0 Å². The van der Waals surface area contributed by atoms with Crippen LogP contribution in [0.2, 0.25) is 0 Å². The van der Waals surface area contributed by atoms with Crippen molar-refractivity contribution in [1.82, 2.24) is 19.5 Å². The molecule has 1 aromatic heterocycles. The molecule has 44 heavy (non-hydrogen) atoms. The standard InChI is InChI=1S/C33H34N4O6S/c38-31(25-43-29-11-13-30(14-12-29)44(40,41)36-19-21-42-22-20-36)37(24-27-7-3-1-4-8-27)32(28-9-5-2-6-10-28)33(39)35-23-26-15-17-34-18-16-26/h1-18,32H,19-25H2,(H,35,39)/t32-/m1/s1. The second-order valence-corrected chi connectivity index (χ2v) is 12.1. The Morgan fingerprint density at radius 2 is 1.50 bits per heavy atom. The molecular weight excluding hydrogens is 580 g/mol. The summed E-state index contributed by atoms with van der Waals surface area (Å²) in [5.74, 6) is -0.418. The second kappa shape index (κ2) is 14.7. The third-order valence-electron chi connectivity index (χ3n) is 7.20. The number of carbonyl (C=O) groups is 2. The zero-order chi connectivity index (χ0) is 30.8. The summed E-state index contributed by atoms with van der Waals surface area (Å²) < 4.78 is 38.4. The first-order valence-corrected chi connectivity index (χ1v) is 15.7. The molecule has 2 amide bonds. The van der Waals surface area contributed by atoms with Crippen molar-refractivity contribution in [2.24, 2.45) is 0 Å². The molecule has 1 N–H and O–H groups in total. The number of nitrogens with one attached hydrogen (secondary N) is 1. The lowest BCUT2D eigenvalue weighted by atomic mass is 10.0. The summed E-state index contributed by atoms with van der Waals surface area (Å²) in [5.41, 5.74) is 2.38. The van der Waals surface area contributed by atoms with E-state index in [0.717, 1.165) is 11.1 Å². The maximum absolute atomic E-state index is 13.8. The molecule has 0 radical (unpaired) electrons. The van der Waals surface area contributed by atoms with E-state index in [0.29, 0.717) is 37.6 Å². The number of aromatic nitrogens is 1. The minimum absolute atomic E-state index is 0.138. The van der Waals surface area contributed by atoms with Gasteiger partial charge >= 0.3 is 0 Å². The monoisotopic (exact) mass is 614 g/mol. The Morgan fingerprint density at radius 3 is 2.16 bits per heavy atom. The van der Waals surface area contributed by atoms with Crippen LogP contribution >= 0.6 is 0 Å². The van der Waals surface area contributed by atoms with Crippen LogP contribution in [0, 0.1) is 0 Å². The van der Waals surface area contributed by atoms with Crippen molar-refractivity contribution in [3.63, 3.8) is 0 Å². The number of morpholine rings is 1. The lowest BCUT2D eigenvalue weighted by molar-refractivity contribution is -0.143. The number of carbonyl (C=O) groups excluding carboxylic acids is 2. The number of nitrogens with zero attached hydrogens (tertiary/aromatic N) is 3. The Kier molecular flexibility index (Phi) is 10.3. The molecule has 0 spiro atoms. The van der Waals surface area contributed by atoms with Crippen molar-refractivity contribution in [1.29, 1.82) is 0 Å². The van der Waals surface area contributed by atoms with E-state index >= 15 is 0 Å². The van der Waals surface area contributed by atoms with E-state index in [9.17, 15) is 18.0 Å². The van der Waals surface area contributed by atoms with Crippen molar-refractivity contribution < 1.29 is 27.5 Å². The number of pyridine rings is 1. The highest BCUT2D eigenvalue weighted by Gasteiger charge is 2.32. The molecule has 228 valence electrons. The summed E-state index contributed by atoms with van der Waals surface area (Å²) in [7, 11) is -3.66. The first-order valence-electron chi connectivity index (χ1n) is 14.3. The van der Waals surface area contributed by atoms with Gasteiger partial charge in [0.15, 0.2) is 6.61 Å². The smallest absolute Gasteiger partial charge is 0.261 e. The van der Waals surface area contributed by atoms with E-state index in [-0.39, 0.29) is 30.5 Å². The van der Waals surface area contributed by atoms with Crippen LogP contribution in [0.1, 0.15) is 22.7 Å². The van der Waals surface area contributed by atoms with Gasteiger partial charge in [-0.2, -0.15) is 4.31 Å². The first-order chi connectivity index (χ1) is 21.4. The van der Waals surface area contributed by atoms with Crippen LogP contribution in [0.4, 0.5) is 0 Å². The van der Waals surface area contributed by atoms with Crippen molar-refractivity contribution in [2.75, 3.05) is 32.9 Å². The van der Waals surface area contributed by atoms with Crippen molar-refractivity contribution in [3.8, 4) is 5.75 Å². The predicted molar refractivity (Wildman–Crippen MR) is 164 cm³/mol. The van der Waals surface area contributed by atoms with Gasteiger partial charge < -0.3 is 19.7 Å².